The van der Waals surface area contributed by atoms with Gasteiger partial charge in [0.1, 0.15) is 5.69 Å². The van der Waals surface area contributed by atoms with Crippen molar-refractivity contribution in [2.75, 3.05) is 10.0 Å². The minimum Gasteiger partial charge on any atom is -0.351 e. The van der Waals surface area contributed by atoms with Crippen LogP contribution in [0.1, 0.15) is 16.1 Å². The first-order chi connectivity index (χ1) is 13.9. The number of carbonyl (C=O) groups is 1. The highest BCUT2D eigenvalue weighted by Crippen LogP contribution is 2.25. The first-order valence-corrected chi connectivity index (χ1v) is 10.5. The molecule has 6 nitrogen and oxygen atoms in total. The largest absolute Gasteiger partial charge is 0.351 e. The Kier molecular flexibility index (Phi) is 4.82. The molecule has 0 atom stereocenters. The fourth-order valence-electron chi connectivity index (χ4n) is 3.04. The molecule has 1 aromatic heterocycles. The number of anilines is 2. The lowest BCUT2D eigenvalue weighted by Gasteiger charge is -2.13. The van der Waals surface area contributed by atoms with Gasteiger partial charge in [-0.2, -0.15) is 0 Å². The molecule has 0 bridgehead atoms. The van der Waals surface area contributed by atoms with Gasteiger partial charge in [0, 0.05) is 10.9 Å². The van der Waals surface area contributed by atoms with Crippen molar-refractivity contribution in [1.82, 2.24) is 4.98 Å². The number of rotatable bonds is 5. The first kappa shape index (κ1) is 18.8. The standard InChI is InChI=1S/C22H19N3O3S/c1-15-11-12-16-14-21(23-20(16)13-15)22(26)24-18-9-5-6-10-19(18)25-29(27,28)17-7-3-2-4-8-17/h2-14,23,25H,1H3,(H,24,26). The summed E-state index contributed by atoms with van der Waals surface area (Å²) in [7, 11) is -3.77. The van der Waals surface area contributed by atoms with E-state index < -0.39 is 10.0 Å². The van der Waals surface area contributed by atoms with Crippen molar-refractivity contribution in [2.45, 2.75) is 11.8 Å². The zero-order valence-corrected chi connectivity index (χ0v) is 16.5. The Bertz CT molecular complexity index is 1300. The number of aromatic amines is 1. The number of sulfonamides is 1. The summed E-state index contributed by atoms with van der Waals surface area (Å²) < 4.78 is 27.8. The van der Waals surface area contributed by atoms with Gasteiger partial charge in [-0.15, -0.1) is 0 Å². The van der Waals surface area contributed by atoms with Gasteiger partial charge in [-0.1, -0.05) is 42.5 Å². The molecule has 4 rings (SSSR count). The van der Waals surface area contributed by atoms with E-state index in [1.807, 2.05) is 25.1 Å². The van der Waals surface area contributed by atoms with E-state index in [0.717, 1.165) is 16.5 Å². The zero-order chi connectivity index (χ0) is 20.4. The van der Waals surface area contributed by atoms with Crippen LogP contribution in [0.2, 0.25) is 0 Å². The molecule has 1 amide bonds. The van der Waals surface area contributed by atoms with Crippen LogP contribution in [0.3, 0.4) is 0 Å². The molecule has 146 valence electrons. The average molecular weight is 405 g/mol. The minimum atomic E-state index is -3.77. The van der Waals surface area contributed by atoms with E-state index in [-0.39, 0.29) is 16.5 Å². The molecule has 0 fully saturated rings. The van der Waals surface area contributed by atoms with Gasteiger partial charge in [-0.3, -0.25) is 9.52 Å². The summed E-state index contributed by atoms with van der Waals surface area (Å²) in [5, 5.41) is 3.71. The molecule has 29 heavy (non-hydrogen) atoms. The predicted molar refractivity (Wildman–Crippen MR) is 115 cm³/mol. The van der Waals surface area contributed by atoms with E-state index in [1.165, 1.54) is 12.1 Å². The third-order valence-corrected chi connectivity index (χ3v) is 5.88. The van der Waals surface area contributed by atoms with Crippen LogP contribution < -0.4 is 10.0 Å². The Balaban J connectivity index is 1.60. The summed E-state index contributed by atoms with van der Waals surface area (Å²) in [5.41, 5.74) is 3.01. The number of hydrogen-bond acceptors (Lipinski definition) is 3. The van der Waals surface area contributed by atoms with Crippen molar-refractivity contribution in [3.05, 3.63) is 90.1 Å². The second-order valence-corrected chi connectivity index (χ2v) is 8.37. The fraction of sp³-hybridized carbons (Fsp3) is 0.0455. The molecule has 3 aromatic carbocycles. The van der Waals surface area contributed by atoms with Crippen LogP contribution in [0.25, 0.3) is 10.9 Å². The molecule has 0 aliphatic carbocycles. The molecule has 0 aliphatic rings. The van der Waals surface area contributed by atoms with E-state index in [2.05, 4.69) is 15.0 Å². The number of aromatic nitrogens is 1. The molecular weight excluding hydrogens is 386 g/mol. The number of amides is 1. The van der Waals surface area contributed by atoms with Crippen LogP contribution >= 0.6 is 0 Å². The first-order valence-electron chi connectivity index (χ1n) is 9.00. The van der Waals surface area contributed by atoms with Gasteiger partial charge in [-0.25, -0.2) is 8.42 Å². The van der Waals surface area contributed by atoms with Crippen LogP contribution in [-0.4, -0.2) is 19.3 Å². The van der Waals surface area contributed by atoms with Crippen molar-refractivity contribution in [3.63, 3.8) is 0 Å². The van der Waals surface area contributed by atoms with Gasteiger partial charge in [0.05, 0.1) is 16.3 Å². The van der Waals surface area contributed by atoms with Crippen LogP contribution in [0.5, 0.6) is 0 Å². The Labute approximate surface area is 168 Å². The molecule has 0 radical (unpaired) electrons. The summed E-state index contributed by atoms with van der Waals surface area (Å²) in [6.45, 7) is 1.98. The second-order valence-electron chi connectivity index (χ2n) is 6.69. The molecule has 7 heteroatoms. The molecular formula is C22H19N3O3S. The summed E-state index contributed by atoms with van der Waals surface area (Å²) >= 11 is 0. The Morgan fingerprint density at radius 1 is 0.862 bits per heavy atom. The molecule has 1 heterocycles. The fourth-order valence-corrected chi connectivity index (χ4v) is 4.14. The number of hydrogen-bond donors (Lipinski definition) is 3. The van der Waals surface area contributed by atoms with Crippen LogP contribution in [0, 0.1) is 6.92 Å². The van der Waals surface area contributed by atoms with Crippen molar-refractivity contribution < 1.29 is 13.2 Å². The number of carbonyl (C=O) groups excluding carboxylic acids is 1. The molecule has 0 unspecified atom stereocenters. The van der Waals surface area contributed by atoms with Gasteiger partial charge in [0.25, 0.3) is 15.9 Å². The van der Waals surface area contributed by atoms with E-state index in [0.29, 0.717) is 11.4 Å². The highest BCUT2D eigenvalue weighted by molar-refractivity contribution is 7.92. The average Bonchev–Trinajstić information content (AvgIpc) is 3.13. The third-order valence-electron chi connectivity index (χ3n) is 4.50. The Hall–Kier alpha value is -3.58. The van der Waals surface area contributed by atoms with Crippen molar-refractivity contribution in [3.8, 4) is 0 Å². The maximum Gasteiger partial charge on any atom is 0.272 e. The van der Waals surface area contributed by atoms with Crippen LogP contribution in [0.4, 0.5) is 11.4 Å². The number of benzene rings is 3. The highest BCUT2D eigenvalue weighted by Gasteiger charge is 2.17. The molecule has 0 saturated heterocycles. The topological polar surface area (TPSA) is 91.1 Å². The SMILES string of the molecule is Cc1ccc2cc(C(=O)Nc3ccccc3NS(=O)(=O)c3ccccc3)[nH]c2c1. The van der Waals surface area contributed by atoms with E-state index >= 15 is 0 Å². The van der Waals surface area contributed by atoms with Gasteiger partial charge in [-0.05, 0) is 48.9 Å². The molecule has 0 spiro atoms. The number of nitrogens with one attached hydrogen (secondary N) is 3. The molecule has 0 saturated carbocycles. The maximum atomic E-state index is 12.7. The Morgan fingerprint density at radius 2 is 1.55 bits per heavy atom. The minimum absolute atomic E-state index is 0.145. The van der Waals surface area contributed by atoms with Crippen LogP contribution in [-0.2, 0) is 10.0 Å². The lowest BCUT2D eigenvalue weighted by atomic mass is 10.2. The smallest absolute Gasteiger partial charge is 0.272 e. The molecule has 4 aromatic rings. The lowest BCUT2D eigenvalue weighted by molar-refractivity contribution is 0.102. The van der Waals surface area contributed by atoms with Crippen molar-refractivity contribution >= 4 is 38.2 Å². The van der Waals surface area contributed by atoms with E-state index in [4.69, 9.17) is 0 Å². The highest BCUT2D eigenvalue weighted by atomic mass is 32.2. The van der Waals surface area contributed by atoms with Crippen LogP contribution in [0.15, 0.2) is 83.8 Å². The second kappa shape index (κ2) is 7.44. The number of aryl methyl sites for hydroxylation is 1. The number of fused-ring (bicyclic) bond motifs is 1. The van der Waals surface area contributed by atoms with E-state index in [1.54, 1.807) is 48.5 Å². The summed E-state index contributed by atoms with van der Waals surface area (Å²) in [6, 6.07) is 22.4. The van der Waals surface area contributed by atoms with E-state index in [9.17, 15) is 13.2 Å². The molecule has 3 N–H and O–H groups in total. The maximum absolute atomic E-state index is 12.7. The summed E-state index contributed by atoms with van der Waals surface area (Å²) in [6.07, 6.45) is 0. The van der Waals surface area contributed by atoms with Crippen molar-refractivity contribution in [1.29, 1.82) is 0 Å². The number of para-hydroxylation sites is 2. The molecule has 0 aliphatic heterocycles. The summed E-state index contributed by atoms with van der Waals surface area (Å²) in [4.78, 5) is 16.0. The normalized spacial score (nSPS) is 11.3. The van der Waals surface area contributed by atoms with Gasteiger partial charge in [0.15, 0.2) is 0 Å². The quantitative estimate of drug-likeness (QED) is 0.456. The van der Waals surface area contributed by atoms with Gasteiger partial charge >= 0.3 is 0 Å². The van der Waals surface area contributed by atoms with Crippen molar-refractivity contribution in [2.24, 2.45) is 0 Å². The number of H-pyrrole nitrogens is 1. The van der Waals surface area contributed by atoms with Gasteiger partial charge < -0.3 is 10.3 Å². The zero-order valence-electron chi connectivity index (χ0n) is 15.6. The predicted octanol–water partition coefficient (Wildman–Crippen LogP) is 4.53. The third kappa shape index (κ3) is 4.00. The van der Waals surface area contributed by atoms with Gasteiger partial charge in [0.2, 0.25) is 0 Å². The lowest BCUT2D eigenvalue weighted by Crippen LogP contribution is -2.17. The Morgan fingerprint density at radius 3 is 2.31 bits per heavy atom. The monoisotopic (exact) mass is 405 g/mol. The summed E-state index contributed by atoms with van der Waals surface area (Å²) in [5.74, 6) is -0.356.